The van der Waals surface area contributed by atoms with Crippen molar-refractivity contribution in [3.63, 3.8) is 0 Å². The second-order valence-corrected chi connectivity index (χ2v) is 9.63. The summed E-state index contributed by atoms with van der Waals surface area (Å²) in [5.74, 6) is -1.69. The van der Waals surface area contributed by atoms with Gasteiger partial charge in [0, 0.05) is 22.6 Å². The molecule has 0 aromatic heterocycles. The van der Waals surface area contributed by atoms with Crippen LogP contribution in [0.1, 0.15) is 68.9 Å². The fraction of sp³-hybridized carbons (Fsp3) is 0.250. The van der Waals surface area contributed by atoms with Gasteiger partial charge >= 0.3 is 0 Å². The minimum absolute atomic E-state index is 0.00569. The Morgan fingerprint density at radius 2 is 1.26 bits per heavy atom. The largest absolute Gasteiger partial charge is 0.294 e. The summed E-state index contributed by atoms with van der Waals surface area (Å²) in [7, 11) is 0. The van der Waals surface area contributed by atoms with Crippen LogP contribution in [0.25, 0.3) is 0 Å². The number of fused-ring (bicyclic) bond motifs is 1. The van der Waals surface area contributed by atoms with Gasteiger partial charge in [-0.05, 0) is 16.5 Å². The molecule has 3 aromatic carbocycles. The molecule has 2 aliphatic rings. The Morgan fingerprint density at radius 3 is 1.77 bits per heavy atom. The third-order valence-corrected chi connectivity index (χ3v) is 6.85. The Kier molecular flexibility index (Phi) is 4.17. The topological polar surface area (TPSA) is 51.2 Å². The monoisotopic (exact) mass is 408 g/mol. The average molecular weight is 408 g/mol. The summed E-state index contributed by atoms with van der Waals surface area (Å²) >= 11 is 0. The zero-order valence-electron chi connectivity index (χ0n) is 17.9. The van der Waals surface area contributed by atoms with Gasteiger partial charge in [0.2, 0.25) is 0 Å². The Balaban J connectivity index is 1.63. The van der Waals surface area contributed by atoms with Crippen LogP contribution in [0.2, 0.25) is 0 Å². The summed E-state index contributed by atoms with van der Waals surface area (Å²) in [5, 5.41) is 0. The van der Waals surface area contributed by atoms with E-state index < -0.39 is 17.3 Å². The SMILES string of the molecule is CC(C)(C)c1ccc([C@H]2[C@H](C(=O)c3ccccc3)C23C(=O)c2ccccc2C3=O)cc1. The first-order valence-corrected chi connectivity index (χ1v) is 10.7. The quantitative estimate of drug-likeness (QED) is 0.416. The molecule has 5 rings (SSSR count). The van der Waals surface area contributed by atoms with Crippen molar-refractivity contribution >= 4 is 17.3 Å². The fourth-order valence-corrected chi connectivity index (χ4v) is 5.17. The number of benzene rings is 3. The summed E-state index contributed by atoms with van der Waals surface area (Å²) in [5.41, 5.74) is 2.13. The lowest BCUT2D eigenvalue weighted by Crippen LogP contribution is -2.23. The molecule has 0 bridgehead atoms. The summed E-state index contributed by atoms with van der Waals surface area (Å²) < 4.78 is 0. The van der Waals surface area contributed by atoms with Crippen LogP contribution in [0.4, 0.5) is 0 Å². The highest BCUT2D eigenvalue weighted by atomic mass is 16.2. The number of rotatable bonds is 3. The van der Waals surface area contributed by atoms with E-state index in [0.29, 0.717) is 16.7 Å². The number of Topliss-reactive ketones (excluding diaryl/α,β-unsaturated/α-hetero) is 3. The maximum absolute atomic E-state index is 13.6. The Hall–Kier alpha value is -3.33. The van der Waals surface area contributed by atoms with Crippen molar-refractivity contribution in [1.29, 1.82) is 0 Å². The molecule has 0 N–H and O–H groups in total. The highest BCUT2D eigenvalue weighted by molar-refractivity contribution is 6.35. The van der Waals surface area contributed by atoms with Gasteiger partial charge in [-0.1, -0.05) is 99.6 Å². The summed E-state index contributed by atoms with van der Waals surface area (Å²) in [6.45, 7) is 6.43. The van der Waals surface area contributed by atoms with Crippen molar-refractivity contribution < 1.29 is 14.4 Å². The van der Waals surface area contributed by atoms with E-state index in [9.17, 15) is 14.4 Å². The predicted molar refractivity (Wildman–Crippen MR) is 120 cm³/mol. The van der Waals surface area contributed by atoms with Gasteiger partial charge in [0.15, 0.2) is 17.3 Å². The van der Waals surface area contributed by atoms with Gasteiger partial charge in [-0.15, -0.1) is 0 Å². The van der Waals surface area contributed by atoms with Crippen LogP contribution in [0.15, 0.2) is 78.9 Å². The van der Waals surface area contributed by atoms with E-state index in [1.165, 1.54) is 5.56 Å². The van der Waals surface area contributed by atoms with E-state index in [2.05, 4.69) is 20.8 Å². The van der Waals surface area contributed by atoms with E-state index in [1.807, 2.05) is 42.5 Å². The Bertz CT molecular complexity index is 1180. The highest BCUT2D eigenvalue weighted by Gasteiger charge is 2.78. The van der Waals surface area contributed by atoms with E-state index in [-0.39, 0.29) is 22.8 Å². The molecule has 0 heterocycles. The maximum atomic E-state index is 13.6. The van der Waals surface area contributed by atoms with Crippen LogP contribution in [0, 0.1) is 11.3 Å². The number of ketones is 3. The Labute approximate surface area is 182 Å². The number of hydrogen-bond acceptors (Lipinski definition) is 3. The van der Waals surface area contributed by atoms with Crippen molar-refractivity contribution in [2.75, 3.05) is 0 Å². The van der Waals surface area contributed by atoms with E-state index in [1.54, 1.807) is 36.4 Å². The molecule has 3 heteroatoms. The third kappa shape index (κ3) is 2.69. The van der Waals surface area contributed by atoms with Gasteiger partial charge in [-0.25, -0.2) is 0 Å². The smallest absolute Gasteiger partial charge is 0.178 e. The van der Waals surface area contributed by atoms with Gasteiger partial charge < -0.3 is 0 Å². The molecule has 0 amide bonds. The van der Waals surface area contributed by atoms with Crippen molar-refractivity contribution in [3.05, 3.63) is 107 Å². The number of carbonyl (C=O) groups is 3. The fourth-order valence-electron chi connectivity index (χ4n) is 5.17. The van der Waals surface area contributed by atoms with Gasteiger partial charge in [0.25, 0.3) is 0 Å². The minimum Gasteiger partial charge on any atom is -0.294 e. The normalized spacial score (nSPS) is 21.3. The average Bonchev–Trinajstić information content (AvgIpc) is 3.43. The molecule has 31 heavy (non-hydrogen) atoms. The molecule has 2 aliphatic carbocycles. The molecule has 154 valence electrons. The first-order valence-electron chi connectivity index (χ1n) is 10.7. The van der Waals surface area contributed by atoms with Crippen LogP contribution in [-0.4, -0.2) is 17.3 Å². The highest BCUT2D eigenvalue weighted by Crippen LogP contribution is 2.70. The summed E-state index contributed by atoms with van der Waals surface area (Å²) in [4.78, 5) is 40.7. The first kappa shape index (κ1) is 19.6. The third-order valence-electron chi connectivity index (χ3n) is 6.85. The van der Waals surface area contributed by atoms with Crippen molar-refractivity contribution in [2.45, 2.75) is 32.1 Å². The zero-order valence-corrected chi connectivity index (χ0v) is 17.9. The molecular weight excluding hydrogens is 384 g/mol. The summed E-state index contributed by atoms with van der Waals surface area (Å²) in [6, 6.07) is 24.0. The Morgan fingerprint density at radius 1 is 0.742 bits per heavy atom. The number of carbonyl (C=O) groups excluding carboxylic acids is 3. The van der Waals surface area contributed by atoms with E-state index >= 15 is 0 Å². The molecule has 0 saturated heterocycles. The molecule has 0 unspecified atom stereocenters. The van der Waals surface area contributed by atoms with Crippen LogP contribution in [0.5, 0.6) is 0 Å². The molecule has 3 aromatic rings. The molecule has 1 saturated carbocycles. The van der Waals surface area contributed by atoms with Crippen LogP contribution in [0.3, 0.4) is 0 Å². The molecular formula is C28H24O3. The first-order chi connectivity index (χ1) is 14.8. The maximum Gasteiger partial charge on any atom is 0.178 e. The van der Waals surface area contributed by atoms with Crippen molar-refractivity contribution in [2.24, 2.45) is 11.3 Å². The van der Waals surface area contributed by atoms with E-state index in [0.717, 1.165) is 5.56 Å². The molecule has 2 atom stereocenters. The molecule has 1 fully saturated rings. The van der Waals surface area contributed by atoms with Crippen LogP contribution in [-0.2, 0) is 5.41 Å². The molecule has 0 aliphatic heterocycles. The predicted octanol–water partition coefficient (Wildman–Crippen LogP) is 5.65. The van der Waals surface area contributed by atoms with E-state index in [4.69, 9.17) is 0 Å². The lowest BCUT2D eigenvalue weighted by Gasteiger charge is -2.19. The van der Waals surface area contributed by atoms with Gasteiger partial charge in [-0.3, -0.25) is 14.4 Å². The zero-order chi connectivity index (χ0) is 22.0. The lowest BCUT2D eigenvalue weighted by atomic mass is 9.85. The second kappa shape index (κ2) is 6.58. The number of hydrogen-bond donors (Lipinski definition) is 0. The van der Waals surface area contributed by atoms with Gasteiger partial charge in [-0.2, -0.15) is 0 Å². The second-order valence-electron chi connectivity index (χ2n) is 9.63. The lowest BCUT2D eigenvalue weighted by molar-refractivity contribution is 0.0764. The molecule has 3 nitrogen and oxygen atoms in total. The van der Waals surface area contributed by atoms with Crippen LogP contribution < -0.4 is 0 Å². The van der Waals surface area contributed by atoms with Gasteiger partial charge in [0.1, 0.15) is 5.41 Å². The van der Waals surface area contributed by atoms with Crippen molar-refractivity contribution in [3.8, 4) is 0 Å². The van der Waals surface area contributed by atoms with Crippen molar-refractivity contribution in [1.82, 2.24) is 0 Å². The van der Waals surface area contributed by atoms with Gasteiger partial charge in [0.05, 0.1) is 5.92 Å². The molecule has 0 radical (unpaired) electrons. The van der Waals surface area contributed by atoms with Crippen LogP contribution >= 0.6 is 0 Å². The standard InChI is InChI=1S/C28H24O3/c1-27(2,3)19-15-13-17(14-16-19)22-23(24(29)18-9-5-4-6-10-18)28(22)25(30)20-11-7-8-12-21(20)26(28)31/h4-16,22-23H,1-3H3/t22-,23+/m0/s1. The molecule has 1 spiro atoms. The minimum atomic E-state index is -1.32. The summed E-state index contributed by atoms with van der Waals surface area (Å²) in [6.07, 6.45) is 0.